The first kappa shape index (κ1) is 14.1. The fraction of sp³-hybridized carbons (Fsp3) is 0.714. The number of nitrogens with one attached hydrogen (secondary N) is 1. The number of hydrogen-bond acceptors (Lipinski definition) is 3. The molecule has 2 atom stereocenters. The van der Waals surface area contributed by atoms with E-state index in [1.807, 2.05) is 24.6 Å². The molecule has 5 heteroatoms. The predicted octanol–water partition coefficient (Wildman–Crippen LogP) is 1.81. The molecule has 1 saturated carbocycles. The maximum Gasteiger partial charge on any atom is 0.324 e. The highest BCUT2D eigenvalue weighted by Crippen LogP contribution is 2.38. The van der Waals surface area contributed by atoms with Gasteiger partial charge in [0, 0.05) is 18.4 Å². The Morgan fingerprint density at radius 1 is 1.68 bits per heavy atom. The third-order valence-electron chi connectivity index (χ3n) is 4.31. The number of carboxylic acid groups (broad SMARTS) is 1. The number of carbonyl (C=O) groups is 1. The van der Waals surface area contributed by atoms with Crippen molar-refractivity contribution in [1.29, 1.82) is 0 Å². The second-order valence-electron chi connectivity index (χ2n) is 5.38. The maximum atomic E-state index is 11.7. The summed E-state index contributed by atoms with van der Waals surface area (Å²) >= 11 is 0. The minimum absolute atomic E-state index is 0.188. The second kappa shape index (κ2) is 5.74. The molecule has 0 aromatic carbocycles. The summed E-state index contributed by atoms with van der Waals surface area (Å²) in [4.78, 5) is 11.7. The number of rotatable bonds is 6. The van der Waals surface area contributed by atoms with Crippen LogP contribution in [0.15, 0.2) is 12.3 Å². The van der Waals surface area contributed by atoms with E-state index in [9.17, 15) is 9.90 Å². The zero-order chi connectivity index (χ0) is 13.9. The topological polar surface area (TPSA) is 67.2 Å². The van der Waals surface area contributed by atoms with Crippen molar-refractivity contribution < 1.29 is 9.90 Å². The van der Waals surface area contributed by atoms with Gasteiger partial charge < -0.3 is 10.4 Å². The molecule has 1 aliphatic rings. The first-order chi connectivity index (χ1) is 9.10. The molecule has 1 heterocycles. The van der Waals surface area contributed by atoms with Gasteiger partial charge in [-0.2, -0.15) is 5.10 Å². The quantitative estimate of drug-likeness (QED) is 0.823. The molecule has 19 heavy (non-hydrogen) atoms. The SMILES string of the molecule is CCNC1(C(=O)O)CCCC1CCn1nccc1C. The molecule has 0 spiro atoms. The van der Waals surface area contributed by atoms with Crippen LogP contribution in [-0.4, -0.2) is 32.9 Å². The summed E-state index contributed by atoms with van der Waals surface area (Å²) in [5.41, 5.74) is 0.401. The summed E-state index contributed by atoms with van der Waals surface area (Å²) in [6.45, 7) is 5.49. The number of carboxylic acids is 1. The van der Waals surface area contributed by atoms with Gasteiger partial charge in [-0.3, -0.25) is 9.48 Å². The predicted molar refractivity (Wildman–Crippen MR) is 73.0 cm³/mol. The Morgan fingerprint density at radius 3 is 3.05 bits per heavy atom. The number of aromatic nitrogens is 2. The Balaban J connectivity index is 2.05. The summed E-state index contributed by atoms with van der Waals surface area (Å²) in [6, 6.07) is 1.98. The van der Waals surface area contributed by atoms with Crippen LogP contribution >= 0.6 is 0 Å². The fourth-order valence-corrected chi connectivity index (χ4v) is 3.28. The first-order valence-corrected chi connectivity index (χ1v) is 7.07. The molecule has 0 bridgehead atoms. The molecule has 2 N–H and O–H groups in total. The van der Waals surface area contributed by atoms with E-state index in [0.29, 0.717) is 6.54 Å². The fourth-order valence-electron chi connectivity index (χ4n) is 3.28. The van der Waals surface area contributed by atoms with Gasteiger partial charge in [0.1, 0.15) is 5.54 Å². The highest BCUT2D eigenvalue weighted by Gasteiger charge is 2.48. The van der Waals surface area contributed by atoms with Crippen molar-refractivity contribution in [2.24, 2.45) is 5.92 Å². The molecule has 0 saturated heterocycles. The van der Waals surface area contributed by atoms with E-state index < -0.39 is 11.5 Å². The van der Waals surface area contributed by atoms with Gasteiger partial charge >= 0.3 is 5.97 Å². The van der Waals surface area contributed by atoms with Gasteiger partial charge in [0.15, 0.2) is 0 Å². The Bertz CT molecular complexity index is 444. The molecule has 1 fully saturated rings. The normalized spacial score (nSPS) is 26.7. The minimum atomic E-state index is -0.726. The zero-order valence-electron chi connectivity index (χ0n) is 11.7. The highest BCUT2D eigenvalue weighted by atomic mass is 16.4. The number of aryl methyl sites for hydroxylation is 2. The molecule has 1 aromatic rings. The largest absolute Gasteiger partial charge is 0.480 e. The number of likely N-dealkylation sites (N-methyl/N-ethyl adjacent to an activating group) is 1. The highest BCUT2D eigenvalue weighted by molar-refractivity contribution is 5.79. The minimum Gasteiger partial charge on any atom is -0.480 e. The Kier molecular flexibility index (Phi) is 4.24. The molecule has 5 nitrogen and oxygen atoms in total. The van der Waals surface area contributed by atoms with Crippen molar-refractivity contribution in [3.8, 4) is 0 Å². The molecular formula is C14H23N3O2. The van der Waals surface area contributed by atoms with Gasteiger partial charge in [-0.25, -0.2) is 0 Å². The second-order valence-corrected chi connectivity index (χ2v) is 5.38. The lowest BCUT2D eigenvalue weighted by molar-refractivity contribution is -0.146. The van der Waals surface area contributed by atoms with Crippen LogP contribution in [0.5, 0.6) is 0 Å². The van der Waals surface area contributed by atoms with E-state index in [4.69, 9.17) is 0 Å². The van der Waals surface area contributed by atoms with Crippen molar-refractivity contribution in [3.05, 3.63) is 18.0 Å². The van der Waals surface area contributed by atoms with Gasteiger partial charge in [0.05, 0.1) is 0 Å². The number of hydrogen-bond donors (Lipinski definition) is 2. The van der Waals surface area contributed by atoms with Crippen molar-refractivity contribution in [2.45, 2.75) is 51.6 Å². The average Bonchev–Trinajstić information content (AvgIpc) is 2.95. The third-order valence-corrected chi connectivity index (χ3v) is 4.31. The van der Waals surface area contributed by atoms with Crippen LogP contribution in [0.4, 0.5) is 0 Å². The number of nitrogens with zero attached hydrogens (tertiary/aromatic N) is 2. The summed E-state index contributed by atoms with van der Waals surface area (Å²) in [5, 5.41) is 17.1. The van der Waals surface area contributed by atoms with Gasteiger partial charge in [-0.15, -0.1) is 0 Å². The van der Waals surface area contributed by atoms with Crippen molar-refractivity contribution >= 4 is 5.97 Å². The summed E-state index contributed by atoms with van der Waals surface area (Å²) in [6.07, 6.45) is 5.36. The molecule has 2 unspecified atom stereocenters. The molecule has 106 valence electrons. The lowest BCUT2D eigenvalue weighted by atomic mass is 9.84. The summed E-state index contributed by atoms with van der Waals surface area (Å²) < 4.78 is 1.96. The Labute approximate surface area is 114 Å². The average molecular weight is 265 g/mol. The van der Waals surface area contributed by atoms with E-state index in [2.05, 4.69) is 10.4 Å². The zero-order valence-corrected chi connectivity index (χ0v) is 11.7. The maximum absolute atomic E-state index is 11.7. The van der Waals surface area contributed by atoms with E-state index in [-0.39, 0.29) is 5.92 Å². The standard InChI is InChI=1S/C14H23N3O2/c1-3-15-14(13(18)19)8-4-5-12(14)7-10-17-11(2)6-9-16-17/h6,9,12,15H,3-5,7-8,10H2,1-2H3,(H,18,19). The first-order valence-electron chi connectivity index (χ1n) is 7.07. The van der Waals surface area contributed by atoms with E-state index in [1.165, 1.54) is 0 Å². The van der Waals surface area contributed by atoms with Crippen molar-refractivity contribution in [2.75, 3.05) is 6.54 Å². The van der Waals surface area contributed by atoms with Gasteiger partial charge in [0.25, 0.3) is 0 Å². The van der Waals surface area contributed by atoms with Gasteiger partial charge in [0.2, 0.25) is 0 Å². The number of aliphatic carboxylic acids is 1. The lowest BCUT2D eigenvalue weighted by Gasteiger charge is -2.32. The van der Waals surface area contributed by atoms with Gasteiger partial charge in [-0.05, 0) is 44.7 Å². The van der Waals surface area contributed by atoms with Crippen LogP contribution in [0.25, 0.3) is 0 Å². The molecule has 0 radical (unpaired) electrons. The molecular weight excluding hydrogens is 242 g/mol. The molecule has 0 amide bonds. The summed E-state index contributed by atoms with van der Waals surface area (Å²) in [5.74, 6) is -0.511. The van der Waals surface area contributed by atoms with Crippen LogP contribution < -0.4 is 5.32 Å². The van der Waals surface area contributed by atoms with Crippen LogP contribution in [-0.2, 0) is 11.3 Å². The van der Waals surface area contributed by atoms with Crippen molar-refractivity contribution in [3.63, 3.8) is 0 Å². The van der Waals surface area contributed by atoms with Crippen LogP contribution in [0.2, 0.25) is 0 Å². The van der Waals surface area contributed by atoms with E-state index >= 15 is 0 Å². The molecule has 2 rings (SSSR count). The lowest BCUT2D eigenvalue weighted by Crippen LogP contribution is -2.54. The van der Waals surface area contributed by atoms with E-state index in [0.717, 1.165) is 37.9 Å². The third kappa shape index (κ3) is 2.66. The van der Waals surface area contributed by atoms with Crippen molar-refractivity contribution in [1.82, 2.24) is 15.1 Å². The molecule has 1 aromatic heterocycles. The molecule has 0 aliphatic heterocycles. The smallest absolute Gasteiger partial charge is 0.324 e. The van der Waals surface area contributed by atoms with Crippen LogP contribution in [0, 0.1) is 12.8 Å². The Hall–Kier alpha value is -1.36. The monoisotopic (exact) mass is 265 g/mol. The van der Waals surface area contributed by atoms with E-state index in [1.54, 1.807) is 6.20 Å². The Morgan fingerprint density at radius 2 is 2.47 bits per heavy atom. The van der Waals surface area contributed by atoms with Crippen LogP contribution in [0.3, 0.4) is 0 Å². The molecule has 1 aliphatic carbocycles. The van der Waals surface area contributed by atoms with Crippen LogP contribution in [0.1, 0.15) is 38.3 Å². The van der Waals surface area contributed by atoms with Gasteiger partial charge in [-0.1, -0.05) is 13.3 Å². The summed E-state index contributed by atoms with van der Waals surface area (Å²) in [7, 11) is 0.